The van der Waals surface area contributed by atoms with E-state index in [1.165, 1.54) is 12.5 Å². The van der Waals surface area contributed by atoms with Gasteiger partial charge >= 0.3 is 5.97 Å². The normalized spacial score (nSPS) is 28.0. The minimum atomic E-state index is -0.422. The van der Waals surface area contributed by atoms with Gasteiger partial charge in [-0.3, -0.25) is 4.79 Å². The smallest absolute Gasteiger partial charge is 0.308 e. The van der Waals surface area contributed by atoms with Gasteiger partial charge in [-0.15, -0.1) is 0 Å². The molecule has 0 spiro atoms. The lowest BCUT2D eigenvalue weighted by Crippen LogP contribution is -2.26. The van der Waals surface area contributed by atoms with Gasteiger partial charge in [0.2, 0.25) is 0 Å². The molecule has 1 aromatic rings. The lowest BCUT2D eigenvalue weighted by molar-refractivity contribution is -0.131. The molecule has 148 valence electrons. The quantitative estimate of drug-likeness (QED) is 0.330. The van der Waals surface area contributed by atoms with Crippen LogP contribution in [0.2, 0.25) is 0 Å². The van der Waals surface area contributed by atoms with Crippen LogP contribution in [0, 0.1) is 17.8 Å². The molecule has 2 N–H and O–H groups in total. The van der Waals surface area contributed by atoms with Crippen LogP contribution < -0.4 is 4.74 Å². The van der Waals surface area contributed by atoms with Crippen LogP contribution >= 0.6 is 0 Å². The Kier molecular flexibility index (Phi) is 6.72. The molecule has 2 aliphatic rings. The summed E-state index contributed by atoms with van der Waals surface area (Å²) in [5, 5.41) is 20.8. The molecule has 4 nitrogen and oxygen atoms in total. The number of carbonyl (C=O) groups excluding carboxylic acids is 1. The number of aliphatic hydroxyl groups excluding tert-OH is 2. The third kappa shape index (κ3) is 4.80. The van der Waals surface area contributed by atoms with Gasteiger partial charge in [0.1, 0.15) is 5.75 Å². The number of benzene rings is 1. The summed E-state index contributed by atoms with van der Waals surface area (Å²) >= 11 is 0. The monoisotopic (exact) mass is 372 g/mol. The van der Waals surface area contributed by atoms with Crippen molar-refractivity contribution in [2.75, 3.05) is 0 Å². The van der Waals surface area contributed by atoms with Gasteiger partial charge in [0.05, 0.1) is 12.2 Å². The Morgan fingerprint density at radius 1 is 1.33 bits per heavy atom. The highest BCUT2D eigenvalue weighted by Crippen LogP contribution is 2.47. The summed E-state index contributed by atoms with van der Waals surface area (Å²) in [4.78, 5) is 11.4. The molecule has 0 radical (unpaired) electrons. The molecule has 1 fully saturated rings. The highest BCUT2D eigenvalue weighted by Gasteiger charge is 2.44. The SMILES string of the molecule is CCCCC[C@H](O)/C=C/[C@@H]1[C@H]2Cc3cccc(OC(C)=O)c3C[C@H]2C[C@H]1O. The van der Waals surface area contributed by atoms with Crippen molar-refractivity contribution in [3.63, 3.8) is 0 Å². The number of hydrogen-bond donors (Lipinski definition) is 2. The maximum absolute atomic E-state index is 11.4. The molecule has 0 amide bonds. The van der Waals surface area contributed by atoms with Gasteiger partial charge in [0.25, 0.3) is 0 Å². The van der Waals surface area contributed by atoms with Crippen LogP contribution in [0.1, 0.15) is 57.1 Å². The van der Waals surface area contributed by atoms with E-state index in [1.54, 1.807) is 0 Å². The Morgan fingerprint density at radius 2 is 2.15 bits per heavy atom. The summed E-state index contributed by atoms with van der Waals surface area (Å²) in [5.41, 5.74) is 2.33. The van der Waals surface area contributed by atoms with E-state index in [9.17, 15) is 15.0 Å². The molecule has 0 unspecified atom stereocenters. The maximum atomic E-state index is 11.4. The first-order valence-corrected chi connectivity index (χ1v) is 10.3. The summed E-state index contributed by atoms with van der Waals surface area (Å²) in [6.07, 6.45) is 9.74. The molecule has 0 aromatic heterocycles. The first kappa shape index (κ1) is 20.1. The number of ether oxygens (including phenoxy) is 1. The number of carbonyl (C=O) groups is 1. The van der Waals surface area contributed by atoms with Gasteiger partial charge in [-0.25, -0.2) is 0 Å². The fourth-order valence-corrected chi connectivity index (χ4v) is 4.81. The van der Waals surface area contributed by atoms with E-state index in [-0.39, 0.29) is 18.0 Å². The molecule has 3 rings (SSSR count). The average molecular weight is 373 g/mol. The van der Waals surface area contributed by atoms with E-state index in [2.05, 4.69) is 13.0 Å². The fourth-order valence-electron chi connectivity index (χ4n) is 4.81. The van der Waals surface area contributed by atoms with E-state index in [0.29, 0.717) is 17.6 Å². The predicted molar refractivity (Wildman–Crippen MR) is 106 cm³/mol. The van der Waals surface area contributed by atoms with Crippen molar-refractivity contribution in [2.24, 2.45) is 17.8 Å². The van der Waals surface area contributed by atoms with Gasteiger partial charge in [-0.2, -0.15) is 0 Å². The van der Waals surface area contributed by atoms with Crippen molar-refractivity contribution in [3.8, 4) is 5.75 Å². The second-order valence-electron chi connectivity index (χ2n) is 8.15. The van der Waals surface area contributed by atoms with Crippen LogP contribution in [0.3, 0.4) is 0 Å². The lowest BCUT2D eigenvalue weighted by atomic mass is 9.74. The standard InChI is InChI=1S/C23H32O4/c1-3-4-5-8-18(25)10-11-19-20-12-16-7-6-9-23(27-15(2)24)21(16)13-17(20)14-22(19)26/h6-7,9-11,17-20,22,25-26H,3-5,8,12-14H2,1-2H3/b11-10+/t17-,18-,19+,20-,22+/m0/s1. The lowest BCUT2D eigenvalue weighted by Gasteiger charge is -2.31. The molecule has 1 aromatic carbocycles. The first-order chi connectivity index (χ1) is 13.0. The van der Waals surface area contributed by atoms with Gasteiger partial charge in [0.15, 0.2) is 0 Å². The van der Waals surface area contributed by atoms with Gasteiger partial charge in [0, 0.05) is 12.8 Å². The van der Waals surface area contributed by atoms with Gasteiger partial charge in [-0.05, 0) is 54.7 Å². The number of rotatable bonds is 7. The van der Waals surface area contributed by atoms with Crippen LogP contribution in [0.25, 0.3) is 0 Å². The number of fused-ring (bicyclic) bond motifs is 2. The van der Waals surface area contributed by atoms with E-state index in [1.807, 2.05) is 24.3 Å². The first-order valence-electron chi connectivity index (χ1n) is 10.3. The number of aliphatic hydroxyl groups is 2. The van der Waals surface area contributed by atoms with Crippen molar-refractivity contribution in [1.29, 1.82) is 0 Å². The van der Waals surface area contributed by atoms with Crippen molar-refractivity contribution in [3.05, 3.63) is 41.5 Å². The third-order valence-corrected chi connectivity index (χ3v) is 6.15. The molecule has 0 saturated heterocycles. The van der Waals surface area contributed by atoms with E-state index in [4.69, 9.17) is 4.74 Å². The van der Waals surface area contributed by atoms with Crippen LogP contribution in [-0.2, 0) is 17.6 Å². The molecule has 1 saturated carbocycles. The molecule has 27 heavy (non-hydrogen) atoms. The zero-order valence-electron chi connectivity index (χ0n) is 16.4. The summed E-state index contributed by atoms with van der Waals surface area (Å²) in [6.45, 7) is 3.59. The third-order valence-electron chi connectivity index (χ3n) is 6.15. The topological polar surface area (TPSA) is 66.8 Å². The Balaban J connectivity index is 1.71. The Labute approximate surface area is 162 Å². The van der Waals surface area contributed by atoms with Crippen LogP contribution in [0.5, 0.6) is 5.75 Å². The number of esters is 1. The second kappa shape index (κ2) is 9.03. The summed E-state index contributed by atoms with van der Waals surface area (Å²) in [5.74, 6) is 1.21. The fraction of sp³-hybridized carbons (Fsp3) is 0.609. The minimum absolute atomic E-state index is 0.0846. The molecular formula is C23H32O4. The maximum Gasteiger partial charge on any atom is 0.308 e. The molecule has 2 aliphatic carbocycles. The minimum Gasteiger partial charge on any atom is -0.426 e. The van der Waals surface area contributed by atoms with Crippen molar-refractivity contribution in [2.45, 2.75) is 71.0 Å². The zero-order valence-corrected chi connectivity index (χ0v) is 16.4. The average Bonchev–Trinajstić information content (AvgIpc) is 2.92. The Bertz CT molecular complexity index is 681. The summed E-state index contributed by atoms with van der Waals surface area (Å²) in [7, 11) is 0. The zero-order chi connectivity index (χ0) is 19.4. The largest absolute Gasteiger partial charge is 0.426 e. The number of unbranched alkanes of at least 4 members (excludes halogenated alkanes) is 2. The van der Waals surface area contributed by atoms with Gasteiger partial charge < -0.3 is 14.9 Å². The molecular weight excluding hydrogens is 340 g/mol. The molecule has 0 bridgehead atoms. The summed E-state index contributed by atoms with van der Waals surface area (Å²) in [6, 6.07) is 5.89. The highest BCUT2D eigenvalue weighted by molar-refractivity contribution is 5.70. The molecule has 0 aliphatic heterocycles. The number of hydrogen-bond acceptors (Lipinski definition) is 4. The van der Waals surface area contributed by atoms with E-state index in [0.717, 1.165) is 50.5 Å². The van der Waals surface area contributed by atoms with Gasteiger partial charge in [-0.1, -0.05) is 50.5 Å². The van der Waals surface area contributed by atoms with Crippen LogP contribution in [0.4, 0.5) is 0 Å². The Hall–Kier alpha value is -1.65. The molecule has 5 atom stereocenters. The van der Waals surface area contributed by atoms with Crippen molar-refractivity contribution < 1.29 is 19.7 Å². The molecule has 4 heteroatoms. The Morgan fingerprint density at radius 3 is 2.89 bits per heavy atom. The van der Waals surface area contributed by atoms with E-state index < -0.39 is 6.10 Å². The van der Waals surface area contributed by atoms with Crippen molar-refractivity contribution in [1.82, 2.24) is 0 Å². The van der Waals surface area contributed by atoms with Crippen LogP contribution in [0.15, 0.2) is 30.4 Å². The molecule has 0 heterocycles. The predicted octanol–water partition coefficient (Wildman–Crippen LogP) is 3.82. The van der Waals surface area contributed by atoms with Crippen LogP contribution in [-0.4, -0.2) is 28.4 Å². The van der Waals surface area contributed by atoms with E-state index >= 15 is 0 Å². The van der Waals surface area contributed by atoms with Crippen molar-refractivity contribution >= 4 is 5.97 Å². The summed E-state index contributed by atoms with van der Waals surface area (Å²) < 4.78 is 5.39. The highest BCUT2D eigenvalue weighted by atomic mass is 16.5. The second-order valence-corrected chi connectivity index (χ2v) is 8.15.